The fraction of sp³-hybridized carbons (Fsp3) is 0.158. The zero-order valence-corrected chi connectivity index (χ0v) is 14.3. The van der Waals surface area contributed by atoms with Crippen LogP contribution in [0.3, 0.4) is 0 Å². The second kappa shape index (κ2) is 8.99. The third-order valence-electron chi connectivity index (χ3n) is 3.57. The van der Waals surface area contributed by atoms with Crippen molar-refractivity contribution in [2.24, 2.45) is 0 Å². The van der Waals surface area contributed by atoms with Gasteiger partial charge in [0.25, 0.3) is 5.91 Å². The molecule has 4 nitrogen and oxygen atoms in total. The fourth-order valence-electron chi connectivity index (χ4n) is 2.17. The van der Waals surface area contributed by atoms with Crippen LogP contribution in [0.25, 0.3) is 0 Å². The first kappa shape index (κ1) is 18.7. The van der Waals surface area contributed by atoms with E-state index in [0.29, 0.717) is 24.1 Å². The second-order valence-corrected chi connectivity index (χ2v) is 5.77. The zero-order valence-electron chi connectivity index (χ0n) is 13.5. The smallest absolute Gasteiger partial charge is 0.251 e. The Morgan fingerprint density at radius 3 is 2.48 bits per heavy atom. The van der Waals surface area contributed by atoms with Gasteiger partial charge in [0.1, 0.15) is 5.82 Å². The van der Waals surface area contributed by atoms with E-state index in [1.165, 1.54) is 18.2 Å². The SMILES string of the molecule is C=CC(=O)NCCc1ccc(C(=O)NCc2ccc(F)cc2Cl)cc1. The van der Waals surface area contributed by atoms with Crippen LogP contribution in [-0.4, -0.2) is 18.4 Å². The summed E-state index contributed by atoms with van der Waals surface area (Å²) in [6.45, 7) is 4.10. The summed E-state index contributed by atoms with van der Waals surface area (Å²) in [7, 11) is 0. The Hall–Kier alpha value is -2.66. The molecule has 2 rings (SSSR count). The molecule has 2 N–H and O–H groups in total. The van der Waals surface area contributed by atoms with Crippen molar-refractivity contribution >= 4 is 23.4 Å². The molecule has 0 aliphatic heterocycles. The highest BCUT2D eigenvalue weighted by molar-refractivity contribution is 6.31. The maximum Gasteiger partial charge on any atom is 0.251 e. The molecule has 0 aromatic heterocycles. The number of halogens is 2. The molecule has 0 saturated carbocycles. The van der Waals surface area contributed by atoms with Crippen molar-refractivity contribution in [3.8, 4) is 0 Å². The van der Waals surface area contributed by atoms with Gasteiger partial charge in [-0.3, -0.25) is 9.59 Å². The van der Waals surface area contributed by atoms with Crippen molar-refractivity contribution in [3.05, 3.63) is 82.6 Å². The largest absolute Gasteiger partial charge is 0.352 e. The van der Waals surface area contributed by atoms with E-state index in [2.05, 4.69) is 17.2 Å². The fourth-order valence-corrected chi connectivity index (χ4v) is 2.40. The highest BCUT2D eigenvalue weighted by Gasteiger charge is 2.07. The summed E-state index contributed by atoms with van der Waals surface area (Å²) in [4.78, 5) is 23.2. The van der Waals surface area contributed by atoms with Crippen LogP contribution in [0.4, 0.5) is 4.39 Å². The van der Waals surface area contributed by atoms with Crippen LogP contribution in [0.15, 0.2) is 55.1 Å². The van der Waals surface area contributed by atoms with Crippen molar-refractivity contribution in [3.63, 3.8) is 0 Å². The van der Waals surface area contributed by atoms with Gasteiger partial charge in [0, 0.05) is 23.7 Å². The van der Waals surface area contributed by atoms with Gasteiger partial charge in [-0.05, 0) is 47.9 Å². The van der Waals surface area contributed by atoms with Gasteiger partial charge >= 0.3 is 0 Å². The molecule has 0 atom stereocenters. The lowest BCUT2D eigenvalue weighted by molar-refractivity contribution is -0.116. The Morgan fingerprint density at radius 1 is 1.12 bits per heavy atom. The number of carbonyl (C=O) groups excluding carboxylic acids is 2. The van der Waals surface area contributed by atoms with E-state index >= 15 is 0 Å². The molecule has 25 heavy (non-hydrogen) atoms. The quantitative estimate of drug-likeness (QED) is 0.745. The molecule has 0 aliphatic carbocycles. The van der Waals surface area contributed by atoms with Gasteiger partial charge in [0.2, 0.25) is 5.91 Å². The van der Waals surface area contributed by atoms with E-state index in [1.54, 1.807) is 18.2 Å². The first-order valence-corrected chi connectivity index (χ1v) is 8.08. The molecule has 0 aliphatic rings. The van der Waals surface area contributed by atoms with Gasteiger partial charge in [-0.2, -0.15) is 0 Å². The van der Waals surface area contributed by atoms with Crippen molar-refractivity contribution in [2.75, 3.05) is 6.54 Å². The Balaban J connectivity index is 1.87. The van der Waals surface area contributed by atoms with Gasteiger partial charge in [-0.1, -0.05) is 36.4 Å². The van der Waals surface area contributed by atoms with Crippen LogP contribution in [0.1, 0.15) is 21.5 Å². The minimum Gasteiger partial charge on any atom is -0.352 e. The minimum atomic E-state index is -0.417. The number of carbonyl (C=O) groups is 2. The molecule has 0 spiro atoms. The summed E-state index contributed by atoms with van der Waals surface area (Å²) < 4.78 is 13.0. The summed E-state index contributed by atoms with van der Waals surface area (Å²) in [5, 5.41) is 5.71. The Labute approximate surface area is 150 Å². The third-order valence-corrected chi connectivity index (χ3v) is 3.92. The van der Waals surface area contributed by atoms with Gasteiger partial charge in [0.05, 0.1) is 0 Å². The van der Waals surface area contributed by atoms with Gasteiger partial charge in [-0.15, -0.1) is 0 Å². The first-order valence-electron chi connectivity index (χ1n) is 7.71. The average molecular weight is 361 g/mol. The van der Waals surface area contributed by atoms with E-state index in [-0.39, 0.29) is 23.4 Å². The maximum absolute atomic E-state index is 13.0. The number of hydrogen-bond donors (Lipinski definition) is 2. The van der Waals surface area contributed by atoms with Crippen LogP contribution >= 0.6 is 11.6 Å². The van der Waals surface area contributed by atoms with Crippen LogP contribution in [0.2, 0.25) is 5.02 Å². The summed E-state index contributed by atoms with van der Waals surface area (Å²) >= 11 is 5.93. The molecule has 2 amide bonds. The average Bonchev–Trinajstić information content (AvgIpc) is 2.61. The molecule has 2 aromatic rings. The van der Waals surface area contributed by atoms with Crippen molar-refractivity contribution < 1.29 is 14.0 Å². The molecular formula is C19H18ClFN2O2. The normalized spacial score (nSPS) is 10.2. The molecule has 130 valence electrons. The number of rotatable bonds is 7. The van der Waals surface area contributed by atoms with Crippen molar-refractivity contribution in [2.45, 2.75) is 13.0 Å². The van der Waals surface area contributed by atoms with Crippen LogP contribution in [-0.2, 0) is 17.8 Å². The topological polar surface area (TPSA) is 58.2 Å². The first-order chi connectivity index (χ1) is 12.0. The molecule has 2 aromatic carbocycles. The van der Waals surface area contributed by atoms with Gasteiger partial charge in [0.15, 0.2) is 0 Å². The predicted octanol–water partition coefficient (Wildman–Crippen LogP) is 3.25. The predicted molar refractivity (Wildman–Crippen MR) is 95.9 cm³/mol. The highest BCUT2D eigenvalue weighted by atomic mass is 35.5. The lowest BCUT2D eigenvalue weighted by Crippen LogP contribution is -2.24. The van der Waals surface area contributed by atoms with E-state index in [0.717, 1.165) is 5.56 Å². The molecular weight excluding hydrogens is 343 g/mol. The summed E-state index contributed by atoms with van der Waals surface area (Å²) in [6.07, 6.45) is 1.88. The van der Waals surface area contributed by atoms with Crippen LogP contribution < -0.4 is 10.6 Å². The summed E-state index contributed by atoms with van der Waals surface area (Å²) in [6, 6.07) is 11.1. The Morgan fingerprint density at radius 2 is 1.84 bits per heavy atom. The number of hydrogen-bond acceptors (Lipinski definition) is 2. The lowest BCUT2D eigenvalue weighted by Gasteiger charge is -2.08. The van der Waals surface area contributed by atoms with Crippen molar-refractivity contribution in [1.82, 2.24) is 10.6 Å². The highest BCUT2D eigenvalue weighted by Crippen LogP contribution is 2.17. The van der Waals surface area contributed by atoms with Gasteiger partial charge in [-0.25, -0.2) is 4.39 Å². The molecule has 6 heteroatoms. The molecule has 0 unspecified atom stereocenters. The maximum atomic E-state index is 13.0. The molecule has 0 bridgehead atoms. The number of nitrogens with one attached hydrogen (secondary N) is 2. The molecule has 0 radical (unpaired) electrons. The van der Waals surface area contributed by atoms with Crippen LogP contribution in [0.5, 0.6) is 0 Å². The molecule has 0 saturated heterocycles. The Kier molecular flexibility index (Phi) is 6.71. The summed E-state index contributed by atoms with van der Waals surface area (Å²) in [5.41, 5.74) is 2.16. The summed E-state index contributed by atoms with van der Waals surface area (Å²) in [5.74, 6) is -0.873. The number of amides is 2. The minimum absolute atomic E-state index is 0.213. The van der Waals surface area contributed by atoms with E-state index in [1.807, 2.05) is 12.1 Å². The Bertz CT molecular complexity index is 775. The third kappa shape index (κ3) is 5.72. The van der Waals surface area contributed by atoms with Gasteiger partial charge < -0.3 is 10.6 Å². The number of benzene rings is 2. The zero-order chi connectivity index (χ0) is 18.2. The lowest BCUT2D eigenvalue weighted by atomic mass is 10.1. The monoisotopic (exact) mass is 360 g/mol. The van der Waals surface area contributed by atoms with Crippen molar-refractivity contribution in [1.29, 1.82) is 0 Å². The van der Waals surface area contributed by atoms with Crippen LogP contribution in [0, 0.1) is 5.82 Å². The van der Waals surface area contributed by atoms with E-state index in [4.69, 9.17) is 11.6 Å². The van der Waals surface area contributed by atoms with E-state index < -0.39 is 5.82 Å². The molecule has 0 fully saturated rings. The second-order valence-electron chi connectivity index (χ2n) is 5.36. The standard InChI is InChI=1S/C19H18ClFN2O2/c1-2-18(24)22-10-9-13-3-5-14(6-4-13)19(25)23-12-15-7-8-16(21)11-17(15)20/h2-8,11H,1,9-10,12H2,(H,22,24)(H,23,25). The molecule has 0 heterocycles. The van der Waals surface area contributed by atoms with E-state index in [9.17, 15) is 14.0 Å².